The fourth-order valence-electron chi connectivity index (χ4n) is 2.86. The van der Waals surface area contributed by atoms with Gasteiger partial charge in [0.25, 0.3) is 0 Å². The zero-order chi connectivity index (χ0) is 21.1. The predicted octanol–water partition coefficient (Wildman–Crippen LogP) is 2.47. The number of rotatable bonds is 5. The van der Waals surface area contributed by atoms with Crippen LogP contribution in [0.1, 0.15) is 31.0 Å². The molecule has 1 aromatic carbocycles. The van der Waals surface area contributed by atoms with Crippen molar-refractivity contribution in [1.29, 1.82) is 10.8 Å². The molecule has 0 aliphatic heterocycles. The second-order valence-electron chi connectivity index (χ2n) is 6.25. The van der Waals surface area contributed by atoms with E-state index < -0.39 is 17.6 Å². The van der Waals surface area contributed by atoms with E-state index in [-0.39, 0.29) is 34.5 Å². The van der Waals surface area contributed by atoms with Gasteiger partial charge in [-0.15, -0.1) is 0 Å². The molecule has 150 valence electrons. The van der Waals surface area contributed by atoms with Crippen LogP contribution >= 0.6 is 0 Å². The summed E-state index contributed by atoms with van der Waals surface area (Å²) in [4.78, 5) is 8.74. The molecule has 0 saturated carbocycles. The number of nitrogens with one attached hydrogen (secondary N) is 2. The average Bonchev–Trinajstić information content (AvgIpc) is 2.71. The van der Waals surface area contributed by atoms with Crippen molar-refractivity contribution in [2.45, 2.75) is 19.8 Å². The van der Waals surface area contributed by atoms with Crippen molar-refractivity contribution in [1.82, 2.24) is 14.8 Å². The fraction of sp³-hybridized carbons (Fsp3) is 0.211. The van der Waals surface area contributed by atoms with Gasteiger partial charge in [-0.25, -0.2) is 13.5 Å². The van der Waals surface area contributed by atoms with Crippen molar-refractivity contribution in [3.05, 3.63) is 64.9 Å². The van der Waals surface area contributed by atoms with Crippen molar-refractivity contribution >= 4 is 22.5 Å². The molecule has 1 atom stereocenters. The molecule has 3 aromatic rings. The van der Waals surface area contributed by atoms with Gasteiger partial charge in [0.15, 0.2) is 6.73 Å². The second kappa shape index (κ2) is 8.23. The summed E-state index contributed by atoms with van der Waals surface area (Å²) < 4.78 is 30.7. The molecule has 0 radical (unpaired) electrons. The van der Waals surface area contributed by atoms with E-state index in [9.17, 15) is 4.39 Å². The molecular weight excluding hydrogens is 380 g/mol. The van der Waals surface area contributed by atoms with E-state index in [1.165, 1.54) is 31.3 Å². The maximum Gasteiger partial charge on any atom is 0.165 e. The summed E-state index contributed by atoms with van der Waals surface area (Å²) in [6.07, 6.45) is 1.45. The van der Waals surface area contributed by atoms with Gasteiger partial charge >= 0.3 is 0 Å². The van der Waals surface area contributed by atoms with Crippen molar-refractivity contribution < 1.29 is 13.6 Å². The van der Waals surface area contributed by atoms with Gasteiger partial charge in [0, 0.05) is 29.1 Å². The first-order chi connectivity index (χ1) is 13.8. The smallest absolute Gasteiger partial charge is 0.165 e. The molecule has 10 heteroatoms. The Hall–Kier alpha value is -3.53. The number of nitrogens with two attached hydrogens (primary N) is 1. The van der Waals surface area contributed by atoms with Gasteiger partial charge in [0.05, 0.1) is 5.52 Å². The lowest BCUT2D eigenvalue weighted by atomic mass is 9.96. The molecule has 2 aromatic heterocycles. The first-order valence-corrected chi connectivity index (χ1v) is 8.68. The van der Waals surface area contributed by atoms with Gasteiger partial charge in [-0.1, -0.05) is 12.1 Å². The molecule has 3 rings (SSSR count). The Labute approximate surface area is 164 Å². The third-order valence-electron chi connectivity index (χ3n) is 4.39. The number of hydrogen-bond acceptors (Lipinski definition) is 7. The minimum absolute atomic E-state index is 0.115. The molecule has 0 spiro atoms. The lowest BCUT2D eigenvalue weighted by Crippen LogP contribution is -2.33. The first-order valence-electron chi connectivity index (χ1n) is 8.68. The number of halogens is 2. The summed E-state index contributed by atoms with van der Waals surface area (Å²) in [5.41, 5.74) is 5.71. The molecule has 0 fully saturated rings. The van der Waals surface area contributed by atoms with E-state index >= 15 is 4.39 Å². The Balaban J connectivity index is 2.06. The van der Waals surface area contributed by atoms with Crippen LogP contribution in [0.3, 0.4) is 0 Å². The topological polar surface area (TPSA) is 126 Å². The van der Waals surface area contributed by atoms with E-state index in [0.717, 1.165) is 10.7 Å². The number of fused-ring (bicyclic) bond motifs is 1. The Kier molecular flexibility index (Phi) is 5.74. The number of hydrogen-bond donors (Lipinski definition) is 3. The van der Waals surface area contributed by atoms with Crippen LogP contribution in [0.25, 0.3) is 10.9 Å². The highest BCUT2D eigenvalue weighted by Crippen LogP contribution is 2.29. The van der Waals surface area contributed by atoms with Crippen LogP contribution < -0.4 is 11.2 Å². The predicted molar refractivity (Wildman–Crippen MR) is 104 cm³/mol. The van der Waals surface area contributed by atoms with Crippen LogP contribution in [0.5, 0.6) is 0 Å². The normalized spacial score (nSPS) is 12.8. The van der Waals surface area contributed by atoms with Crippen molar-refractivity contribution in [2.75, 3.05) is 6.73 Å². The SMILES string of the molecule is CC(=NOCN)c1ccc(=N)n(C(=N)C(C)c2c(F)cc3ncccc3c2F)n1. The monoisotopic (exact) mass is 399 g/mol. The molecule has 0 aliphatic rings. The minimum atomic E-state index is -1.02. The average molecular weight is 399 g/mol. The Morgan fingerprint density at radius 3 is 2.83 bits per heavy atom. The van der Waals surface area contributed by atoms with Gasteiger partial charge in [-0.3, -0.25) is 21.5 Å². The van der Waals surface area contributed by atoms with Gasteiger partial charge in [-0.2, -0.15) is 5.10 Å². The van der Waals surface area contributed by atoms with Crippen LogP contribution in [-0.2, 0) is 4.84 Å². The van der Waals surface area contributed by atoms with Gasteiger partial charge in [-0.05, 0) is 31.2 Å². The maximum absolute atomic E-state index is 15.0. The highest BCUT2D eigenvalue weighted by Gasteiger charge is 2.24. The van der Waals surface area contributed by atoms with Gasteiger partial charge in [0.2, 0.25) is 0 Å². The summed E-state index contributed by atoms with van der Waals surface area (Å²) in [7, 11) is 0. The molecule has 4 N–H and O–H groups in total. The molecule has 1 unspecified atom stereocenters. The van der Waals surface area contributed by atoms with Crippen molar-refractivity contribution in [3.8, 4) is 0 Å². The van der Waals surface area contributed by atoms with Crippen molar-refractivity contribution in [3.63, 3.8) is 0 Å². The third-order valence-corrected chi connectivity index (χ3v) is 4.39. The quantitative estimate of drug-likeness (QED) is 0.264. The number of benzene rings is 1. The lowest BCUT2D eigenvalue weighted by molar-refractivity contribution is 0.151. The zero-order valence-corrected chi connectivity index (χ0v) is 15.8. The second-order valence-corrected chi connectivity index (χ2v) is 6.25. The zero-order valence-electron chi connectivity index (χ0n) is 15.8. The number of nitrogens with zero attached hydrogens (tertiary/aromatic N) is 4. The molecule has 0 aliphatic carbocycles. The summed E-state index contributed by atoms with van der Waals surface area (Å²) in [5.74, 6) is -2.90. The molecular formula is C19H19F2N7O. The van der Waals surface area contributed by atoms with E-state index in [1.54, 1.807) is 13.0 Å². The number of pyridine rings is 1. The van der Waals surface area contributed by atoms with Crippen molar-refractivity contribution in [2.24, 2.45) is 10.9 Å². The van der Waals surface area contributed by atoms with E-state index in [4.69, 9.17) is 21.4 Å². The number of oxime groups is 1. The van der Waals surface area contributed by atoms with E-state index in [1.807, 2.05) is 0 Å². The van der Waals surface area contributed by atoms with Crippen LogP contribution in [-0.4, -0.2) is 33.0 Å². The molecule has 8 nitrogen and oxygen atoms in total. The summed E-state index contributed by atoms with van der Waals surface area (Å²) in [6, 6.07) is 7.11. The Morgan fingerprint density at radius 2 is 2.10 bits per heavy atom. The minimum Gasteiger partial charge on any atom is -0.380 e. The molecule has 2 heterocycles. The van der Waals surface area contributed by atoms with Gasteiger partial charge in [0.1, 0.15) is 34.4 Å². The summed E-state index contributed by atoms with van der Waals surface area (Å²) in [5, 5.41) is 24.6. The highest BCUT2D eigenvalue weighted by molar-refractivity contribution is 5.97. The largest absolute Gasteiger partial charge is 0.380 e. The maximum atomic E-state index is 15.0. The summed E-state index contributed by atoms with van der Waals surface area (Å²) in [6.45, 7) is 2.98. The highest BCUT2D eigenvalue weighted by atomic mass is 19.1. The number of aromatic nitrogens is 3. The molecule has 29 heavy (non-hydrogen) atoms. The van der Waals surface area contributed by atoms with Crippen LogP contribution in [0.2, 0.25) is 0 Å². The van der Waals surface area contributed by atoms with Crippen LogP contribution in [0.4, 0.5) is 8.78 Å². The molecule has 0 amide bonds. The van der Waals surface area contributed by atoms with Crippen LogP contribution in [0, 0.1) is 22.5 Å². The first kappa shape index (κ1) is 20.2. The van der Waals surface area contributed by atoms with E-state index in [0.29, 0.717) is 11.4 Å². The fourth-order valence-corrected chi connectivity index (χ4v) is 2.86. The Morgan fingerprint density at radius 1 is 1.34 bits per heavy atom. The molecule has 0 saturated heterocycles. The lowest BCUT2D eigenvalue weighted by Gasteiger charge is -2.18. The summed E-state index contributed by atoms with van der Waals surface area (Å²) >= 11 is 0. The van der Waals surface area contributed by atoms with Crippen LogP contribution in [0.15, 0.2) is 41.7 Å². The standard InChI is InChI=1S/C19H19F2N7O/c1-10(17-13(20)8-15-12(18(17)21)4-3-7-25-15)19(24)28-16(23)6-5-14(26-28)11(2)27-29-9-22/h3-8,10,23-24H,9,22H2,1-2H3. The van der Waals surface area contributed by atoms with E-state index in [2.05, 4.69) is 15.2 Å². The third kappa shape index (κ3) is 3.87. The van der Waals surface area contributed by atoms with Gasteiger partial charge < -0.3 is 4.84 Å². The Bertz CT molecular complexity index is 1170. The molecule has 0 bridgehead atoms.